The Hall–Kier alpha value is -1.90. The van der Waals surface area contributed by atoms with E-state index in [2.05, 4.69) is 33.6 Å². The summed E-state index contributed by atoms with van der Waals surface area (Å²) >= 11 is 0. The van der Waals surface area contributed by atoms with Gasteiger partial charge in [-0.3, -0.25) is 9.97 Å². The molecule has 104 valence electrons. The number of aromatic nitrogens is 2. The molecule has 0 saturated heterocycles. The highest BCUT2D eigenvalue weighted by Crippen LogP contribution is 2.32. The first-order valence-electron chi connectivity index (χ1n) is 7.50. The Kier molecular flexibility index (Phi) is 4.26. The zero-order chi connectivity index (χ0) is 13.6. The molecule has 2 aromatic rings. The van der Waals surface area contributed by atoms with Crippen molar-refractivity contribution in [2.45, 2.75) is 44.6 Å². The molecule has 1 aliphatic carbocycles. The fraction of sp³-hybridized carbons (Fsp3) is 0.412. The van der Waals surface area contributed by atoms with E-state index in [1.54, 1.807) is 6.20 Å². The lowest BCUT2D eigenvalue weighted by Crippen LogP contribution is -2.06. The number of anilines is 1. The van der Waals surface area contributed by atoms with Crippen LogP contribution in [0.3, 0.4) is 0 Å². The first-order valence-corrected chi connectivity index (χ1v) is 7.50. The van der Waals surface area contributed by atoms with Gasteiger partial charge in [0.1, 0.15) is 0 Å². The van der Waals surface area contributed by atoms with Crippen molar-refractivity contribution in [2.24, 2.45) is 0 Å². The summed E-state index contributed by atoms with van der Waals surface area (Å²) in [7, 11) is 0. The van der Waals surface area contributed by atoms with Crippen LogP contribution in [0.1, 0.15) is 49.3 Å². The van der Waals surface area contributed by atoms with E-state index in [9.17, 15) is 0 Å². The van der Waals surface area contributed by atoms with Gasteiger partial charge in [0.2, 0.25) is 0 Å². The summed E-state index contributed by atoms with van der Waals surface area (Å²) in [5.74, 6) is 0.733. The van der Waals surface area contributed by atoms with Crippen molar-refractivity contribution in [1.82, 2.24) is 9.97 Å². The number of nitrogens with one attached hydrogen (secondary N) is 1. The van der Waals surface area contributed by atoms with Crippen molar-refractivity contribution in [3.05, 3.63) is 54.1 Å². The monoisotopic (exact) mass is 267 g/mol. The summed E-state index contributed by atoms with van der Waals surface area (Å²) in [4.78, 5) is 8.68. The molecule has 1 aliphatic rings. The molecule has 0 spiro atoms. The highest BCUT2D eigenvalue weighted by Gasteiger charge is 2.15. The highest BCUT2D eigenvalue weighted by atomic mass is 14.9. The third-order valence-corrected chi connectivity index (χ3v) is 4.06. The van der Waals surface area contributed by atoms with Crippen molar-refractivity contribution < 1.29 is 0 Å². The van der Waals surface area contributed by atoms with Crippen LogP contribution in [0.2, 0.25) is 0 Å². The van der Waals surface area contributed by atoms with E-state index in [-0.39, 0.29) is 0 Å². The number of hydrogen-bond donors (Lipinski definition) is 1. The van der Waals surface area contributed by atoms with Crippen LogP contribution in [0.15, 0.2) is 42.9 Å². The van der Waals surface area contributed by atoms with E-state index in [0.717, 1.165) is 23.8 Å². The largest absolute Gasteiger partial charge is 0.378 e. The first-order chi connectivity index (χ1) is 9.92. The molecule has 0 atom stereocenters. The van der Waals surface area contributed by atoms with Gasteiger partial charge >= 0.3 is 0 Å². The van der Waals surface area contributed by atoms with Crippen molar-refractivity contribution in [3.8, 4) is 0 Å². The lowest BCUT2D eigenvalue weighted by Gasteiger charge is -2.21. The van der Waals surface area contributed by atoms with Crippen LogP contribution in [-0.4, -0.2) is 9.97 Å². The van der Waals surface area contributed by atoms with Crippen LogP contribution < -0.4 is 5.32 Å². The molecule has 3 nitrogen and oxygen atoms in total. The number of pyridine rings is 2. The van der Waals surface area contributed by atoms with Gasteiger partial charge in [0.15, 0.2) is 0 Å². The minimum atomic E-state index is 0.733. The third-order valence-electron chi connectivity index (χ3n) is 4.06. The second-order valence-corrected chi connectivity index (χ2v) is 5.51. The minimum absolute atomic E-state index is 0.733. The van der Waals surface area contributed by atoms with E-state index < -0.39 is 0 Å². The van der Waals surface area contributed by atoms with Crippen molar-refractivity contribution in [3.63, 3.8) is 0 Å². The maximum absolute atomic E-state index is 4.59. The number of rotatable bonds is 4. The van der Waals surface area contributed by atoms with Crippen LogP contribution in [0.25, 0.3) is 0 Å². The summed E-state index contributed by atoms with van der Waals surface area (Å²) in [6, 6.07) is 8.35. The Morgan fingerprint density at radius 2 is 1.95 bits per heavy atom. The molecule has 0 bridgehead atoms. The van der Waals surface area contributed by atoms with Crippen molar-refractivity contribution in [2.75, 3.05) is 5.32 Å². The minimum Gasteiger partial charge on any atom is -0.378 e. The van der Waals surface area contributed by atoms with E-state index in [0.29, 0.717) is 0 Å². The summed E-state index contributed by atoms with van der Waals surface area (Å²) in [5.41, 5.74) is 3.52. The zero-order valence-corrected chi connectivity index (χ0v) is 11.8. The normalized spacial score (nSPS) is 16.0. The van der Waals surface area contributed by atoms with E-state index in [4.69, 9.17) is 0 Å². The van der Waals surface area contributed by atoms with Crippen molar-refractivity contribution in [1.29, 1.82) is 0 Å². The van der Waals surface area contributed by atoms with E-state index in [1.807, 2.05) is 18.3 Å². The van der Waals surface area contributed by atoms with Crippen LogP contribution in [-0.2, 0) is 6.54 Å². The Bertz CT molecular complexity index is 516. The molecule has 0 unspecified atom stereocenters. The summed E-state index contributed by atoms with van der Waals surface area (Å²) in [5, 5.41) is 3.33. The van der Waals surface area contributed by atoms with Gasteiger partial charge in [-0.05, 0) is 42.5 Å². The van der Waals surface area contributed by atoms with Crippen LogP contribution in [0.4, 0.5) is 5.69 Å². The van der Waals surface area contributed by atoms with Crippen LogP contribution in [0, 0.1) is 0 Å². The maximum atomic E-state index is 4.59. The van der Waals surface area contributed by atoms with Gasteiger partial charge < -0.3 is 5.32 Å². The molecule has 3 rings (SSSR count). The lowest BCUT2D eigenvalue weighted by atomic mass is 9.85. The topological polar surface area (TPSA) is 37.8 Å². The Morgan fingerprint density at radius 3 is 2.65 bits per heavy atom. The summed E-state index contributed by atoms with van der Waals surface area (Å²) in [6.45, 7) is 0.747. The first kappa shape index (κ1) is 13.1. The van der Waals surface area contributed by atoms with Gasteiger partial charge in [0.25, 0.3) is 0 Å². The molecular weight excluding hydrogens is 246 g/mol. The molecule has 2 aromatic heterocycles. The number of nitrogens with zero attached hydrogens (tertiary/aromatic N) is 2. The van der Waals surface area contributed by atoms with E-state index >= 15 is 0 Å². The van der Waals surface area contributed by atoms with Gasteiger partial charge in [0.05, 0.1) is 17.9 Å². The molecule has 1 saturated carbocycles. The predicted molar refractivity (Wildman–Crippen MR) is 81.6 cm³/mol. The standard InChI is InChI=1S/C17H21N3/c1-2-5-14(6-3-1)15-8-9-17(19-11-15)13-20-16-7-4-10-18-12-16/h4,7-12,14,20H,1-3,5-6,13H2. The molecule has 0 amide bonds. The molecular formula is C17H21N3. The lowest BCUT2D eigenvalue weighted by molar-refractivity contribution is 0.443. The Labute approximate surface area is 120 Å². The van der Waals surface area contributed by atoms with Gasteiger partial charge in [-0.25, -0.2) is 0 Å². The quantitative estimate of drug-likeness (QED) is 0.904. The zero-order valence-electron chi connectivity index (χ0n) is 11.8. The average Bonchev–Trinajstić information content (AvgIpc) is 2.55. The van der Waals surface area contributed by atoms with Gasteiger partial charge in [-0.2, -0.15) is 0 Å². The Balaban J connectivity index is 1.58. The smallest absolute Gasteiger partial charge is 0.0594 e. The fourth-order valence-electron chi connectivity index (χ4n) is 2.88. The second-order valence-electron chi connectivity index (χ2n) is 5.51. The van der Waals surface area contributed by atoms with E-state index in [1.165, 1.54) is 37.7 Å². The van der Waals surface area contributed by atoms with Gasteiger partial charge in [0, 0.05) is 18.6 Å². The van der Waals surface area contributed by atoms with Crippen LogP contribution in [0.5, 0.6) is 0 Å². The molecule has 1 N–H and O–H groups in total. The summed E-state index contributed by atoms with van der Waals surface area (Å²) in [6.07, 6.45) is 12.5. The highest BCUT2D eigenvalue weighted by molar-refractivity contribution is 5.40. The number of hydrogen-bond acceptors (Lipinski definition) is 3. The SMILES string of the molecule is c1cncc(NCc2ccc(C3CCCCC3)cn2)c1. The molecule has 0 aromatic carbocycles. The van der Waals surface area contributed by atoms with Crippen LogP contribution >= 0.6 is 0 Å². The Morgan fingerprint density at radius 1 is 1.05 bits per heavy atom. The van der Waals surface area contributed by atoms with Gasteiger partial charge in [-0.15, -0.1) is 0 Å². The predicted octanol–water partition coefficient (Wildman–Crippen LogP) is 4.14. The molecule has 0 aliphatic heterocycles. The van der Waals surface area contributed by atoms with Gasteiger partial charge in [-0.1, -0.05) is 25.3 Å². The van der Waals surface area contributed by atoms with Crippen molar-refractivity contribution >= 4 is 5.69 Å². The second kappa shape index (κ2) is 6.51. The molecule has 1 fully saturated rings. The molecule has 3 heteroatoms. The molecule has 20 heavy (non-hydrogen) atoms. The average molecular weight is 267 g/mol. The third kappa shape index (κ3) is 3.35. The summed E-state index contributed by atoms with van der Waals surface area (Å²) < 4.78 is 0. The molecule has 2 heterocycles. The molecule has 0 radical (unpaired) electrons. The fourth-order valence-corrected chi connectivity index (χ4v) is 2.88. The maximum Gasteiger partial charge on any atom is 0.0594 e.